The molecule has 0 aliphatic carbocycles. The van der Waals surface area contributed by atoms with E-state index in [4.69, 9.17) is 16.8 Å². The third-order valence-corrected chi connectivity index (χ3v) is 6.03. The van der Waals surface area contributed by atoms with Gasteiger partial charge < -0.3 is 14.4 Å². The number of aromatic nitrogens is 3. The summed E-state index contributed by atoms with van der Waals surface area (Å²) in [6.07, 6.45) is 2.72. The first-order valence-corrected chi connectivity index (χ1v) is 11.8. The quantitative estimate of drug-likeness (QED) is 0.171. The largest absolute Gasteiger partial charge is 0.498 e. The van der Waals surface area contributed by atoms with Gasteiger partial charge in [0.15, 0.2) is 0 Å². The summed E-state index contributed by atoms with van der Waals surface area (Å²) in [5, 5.41) is 2.38. The minimum absolute atomic E-state index is 0. The van der Waals surface area contributed by atoms with Gasteiger partial charge in [-0.2, -0.15) is 0 Å². The molecule has 0 aliphatic heterocycles. The summed E-state index contributed by atoms with van der Waals surface area (Å²) in [5.74, 6) is 0. The summed E-state index contributed by atoms with van der Waals surface area (Å²) < 4.78 is 73.4. The normalized spacial score (nSPS) is 15.1. The van der Waals surface area contributed by atoms with Crippen molar-refractivity contribution in [1.29, 1.82) is 0 Å². The van der Waals surface area contributed by atoms with Crippen molar-refractivity contribution >= 4 is 32.8 Å². The van der Waals surface area contributed by atoms with E-state index in [1.54, 1.807) is 36.4 Å². The summed E-state index contributed by atoms with van der Waals surface area (Å²) in [7, 11) is 0. The third-order valence-electron chi connectivity index (χ3n) is 6.03. The average molecular weight is 693 g/mol. The van der Waals surface area contributed by atoms with Crippen molar-refractivity contribution in [2.24, 2.45) is 0 Å². The second-order valence-corrected chi connectivity index (χ2v) is 8.55. The Labute approximate surface area is 253 Å². The van der Waals surface area contributed by atoms with E-state index in [1.165, 1.54) is 24.5 Å². The predicted octanol–water partition coefficient (Wildman–Crippen LogP) is 8.47. The molecule has 39 heavy (non-hydrogen) atoms. The van der Waals surface area contributed by atoms with Crippen LogP contribution >= 0.6 is 0 Å². The van der Waals surface area contributed by atoms with Gasteiger partial charge in [-0.25, -0.2) is 4.98 Å². The second-order valence-electron chi connectivity index (χ2n) is 8.55. The van der Waals surface area contributed by atoms with Crippen molar-refractivity contribution in [2.75, 3.05) is 0 Å². The molecule has 4 aromatic heterocycles. The topological polar surface area (TPSA) is 51.8 Å². The maximum atomic E-state index is 7.66. The zero-order valence-electron chi connectivity index (χ0n) is 29.3. The molecule has 4 nitrogen and oxygen atoms in total. The minimum Gasteiger partial charge on any atom is -0.498 e. The van der Waals surface area contributed by atoms with Crippen LogP contribution in [0.1, 0.15) is 29.2 Å². The first-order valence-electron chi connectivity index (χ1n) is 16.3. The standard InChI is InChI=1S/C22H15N2O.C12H10N.Ir/c1-13-6-11-19(23-12-13)18-5-3-4-16-17-10-9-15-8-7-14(2)24-20(15)22(17)25-21(16)18;1-10-7-8-12(13-9-10)11-5-3-2-4-6-11;/h3-4,6-12H,1-2H3;2-5,7-9H,1H3;/q2*-1;/i1D3,2D3;1D3;. The summed E-state index contributed by atoms with van der Waals surface area (Å²) in [6.45, 7) is -6.65. The van der Waals surface area contributed by atoms with Crippen LogP contribution in [0.3, 0.4) is 0 Å². The summed E-state index contributed by atoms with van der Waals surface area (Å²) >= 11 is 0. The molecule has 0 spiro atoms. The van der Waals surface area contributed by atoms with Crippen LogP contribution in [0, 0.1) is 32.7 Å². The Hall–Kier alpha value is -4.18. The van der Waals surface area contributed by atoms with Crippen LogP contribution in [0.25, 0.3) is 55.4 Å². The molecule has 0 saturated carbocycles. The van der Waals surface area contributed by atoms with Crippen LogP contribution in [0.4, 0.5) is 0 Å². The first-order chi connectivity index (χ1) is 22.2. The van der Waals surface area contributed by atoms with Crippen molar-refractivity contribution in [3.63, 3.8) is 0 Å². The van der Waals surface area contributed by atoms with E-state index in [2.05, 4.69) is 27.1 Å². The van der Waals surface area contributed by atoms with Crippen LogP contribution in [-0.4, -0.2) is 15.0 Å². The zero-order chi connectivity index (χ0) is 33.6. The predicted molar refractivity (Wildman–Crippen MR) is 154 cm³/mol. The van der Waals surface area contributed by atoms with Crippen molar-refractivity contribution < 1.29 is 36.9 Å². The Morgan fingerprint density at radius 3 is 2.15 bits per heavy atom. The Bertz CT molecular complexity index is 2190. The number of fused-ring (bicyclic) bond motifs is 5. The Morgan fingerprint density at radius 1 is 0.692 bits per heavy atom. The number of benzene rings is 3. The van der Waals surface area contributed by atoms with Gasteiger partial charge in [0.05, 0.1) is 5.58 Å². The molecule has 5 heteroatoms. The smallest absolute Gasteiger partial charge is 0.147 e. The molecular weight excluding hydrogens is 659 g/mol. The van der Waals surface area contributed by atoms with Crippen LogP contribution in [0.15, 0.2) is 102 Å². The van der Waals surface area contributed by atoms with Crippen molar-refractivity contribution in [2.45, 2.75) is 20.6 Å². The van der Waals surface area contributed by atoms with E-state index in [1.807, 2.05) is 36.4 Å². The Morgan fingerprint density at radius 2 is 1.46 bits per heavy atom. The average Bonchev–Trinajstić information content (AvgIpc) is 3.44. The van der Waals surface area contributed by atoms with E-state index in [0.717, 1.165) is 27.4 Å². The third kappa shape index (κ3) is 5.37. The zero-order valence-corrected chi connectivity index (χ0v) is 22.7. The molecule has 4 heterocycles. The maximum Gasteiger partial charge on any atom is 0.147 e. The van der Waals surface area contributed by atoms with Gasteiger partial charge in [-0.3, -0.25) is 0 Å². The van der Waals surface area contributed by atoms with Crippen molar-refractivity contribution in [3.8, 4) is 22.5 Å². The monoisotopic (exact) mass is 693 g/mol. The van der Waals surface area contributed by atoms with Crippen LogP contribution in [-0.2, 0) is 20.1 Å². The molecule has 0 fully saturated rings. The number of hydrogen-bond acceptors (Lipinski definition) is 4. The minimum atomic E-state index is -2.32. The summed E-state index contributed by atoms with van der Waals surface area (Å²) in [4.78, 5) is 12.8. The van der Waals surface area contributed by atoms with Gasteiger partial charge in [0.25, 0.3) is 0 Å². The summed E-state index contributed by atoms with van der Waals surface area (Å²) in [5.41, 5.74) is 4.60. The Balaban J connectivity index is 0.000000224. The number of furan rings is 1. The molecule has 7 aromatic rings. The van der Waals surface area contributed by atoms with Crippen LogP contribution < -0.4 is 0 Å². The number of pyridine rings is 3. The van der Waals surface area contributed by atoms with E-state index in [-0.39, 0.29) is 36.9 Å². The fourth-order valence-corrected chi connectivity index (χ4v) is 4.22. The molecule has 193 valence electrons. The molecule has 3 aromatic carbocycles. The fourth-order valence-electron chi connectivity index (χ4n) is 4.22. The van der Waals surface area contributed by atoms with Crippen molar-refractivity contribution in [1.82, 2.24) is 15.0 Å². The maximum absolute atomic E-state index is 7.66. The van der Waals surface area contributed by atoms with Gasteiger partial charge in [-0.1, -0.05) is 53.4 Å². The van der Waals surface area contributed by atoms with E-state index < -0.39 is 20.6 Å². The molecule has 7 rings (SSSR count). The van der Waals surface area contributed by atoms with E-state index >= 15 is 0 Å². The van der Waals surface area contributed by atoms with Gasteiger partial charge in [0.2, 0.25) is 0 Å². The second kappa shape index (κ2) is 11.3. The van der Waals surface area contributed by atoms with Gasteiger partial charge in [0, 0.05) is 61.3 Å². The molecule has 0 unspecified atom stereocenters. The molecule has 0 amide bonds. The number of nitrogens with zero attached hydrogens (tertiary/aromatic N) is 3. The SMILES string of the molecule is [2H]C([2H])([2H])c1ccc(-c2[c-]ccc3c2oc2c3ccc3ccc(C([2H])([2H])[2H])nc32)nc1.[2H]C([2H])([2H])c1ccc(-c2[c-]cccc2)nc1.[Ir]. The number of aryl methyl sites for hydroxylation is 3. The molecule has 0 atom stereocenters. The van der Waals surface area contributed by atoms with Crippen molar-refractivity contribution in [3.05, 3.63) is 126 Å². The molecule has 0 N–H and O–H groups in total. The van der Waals surface area contributed by atoms with Gasteiger partial charge >= 0.3 is 0 Å². The summed E-state index contributed by atoms with van der Waals surface area (Å²) in [6, 6.07) is 30.7. The first kappa shape index (κ1) is 17.4. The molecular formula is C34H25IrN3O-2. The Kier molecular flexibility index (Phi) is 5.04. The molecule has 0 aliphatic rings. The molecule has 0 bridgehead atoms. The van der Waals surface area contributed by atoms with E-state index in [9.17, 15) is 0 Å². The van der Waals surface area contributed by atoms with Gasteiger partial charge in [0.1, 0.15) is 11.1 Å². The van der Waals surface area contributed by atoms with Gasteiger partial charge in [-0.15, -0.1) is 54.1 Å². The fraction of sp³-hybridized carbons (Fsp3) is 0.0882. The van der Waals surface area contributed by atoms with E-state index in [0.29, 0.717) is 27.9 Å². The molecule has 0 saturated heterocycles. The molecule has 1 radical (unpaired) electrons. The number of rotatable bonds is 2. The van der Waals surface area contributed by atoms with Crippen LogP contribution in [0.2, 0.25) is 0 Å². The van der Waals surface area contributed by atoms with Crippen LogP contribution in [0.5, 0.6) is 0 Å². The number of hydrogen-bond donors (Lipinski definition) is 0. The van der Waals surface area contributed by atoms with Gasteiger partial charge in [-0.05, 0) is 49.1 Å².